The third kappa shape index (κ3) is 2.88. The van der Waals surface area contributed by atoms with Crippen molar-refractivity contribution in [3.63, 3.8) is 0 Å². The van der Waals surface area contributed by atoms with Gasteiger partial charge in [-0.05, 0) is 35.4 Å². The summed E-state index contributed by atoms with van der Waals surface area (Å²) in [7, 11) is 0. The summed E-state index contributed by atoms with van der Waals surface area (Å²) < 4.78 is 5.52. The SMILES string of the molecule is CCc1nnc(-c2cc(C(=O)O)cc(-c3ccccc3C#N)c2)o1. The molecule has 6 nitrogen and oxygen atoms in total. The van der Waals surface area contributed by atoms with Gasteiger partial charge in [0.2, 0.25) is 11.8 Å². The molecule has 0 aliphatic carbocycles. The van der Waals surface area contributed by atoms with E-state index in [1.54, 1.807) is 30.3 Å². The van der Waals surface area contributed by atoms with Gasteiger partial charge in [-0.15, -0.1) is 10.2 Å². The van der Waals surface area contributed by atoms with Crippen LogP contribution >= 0.6 is 0 Å². The smallest absolute Gasteiger partial charge is 0.335 e. The molecule has 0 saturated carbocycles. The molecular weight excluding hydrogens is 306 g/mol. The Morgan fingerprint density at radius 2 is 1.96 bits per heavy atom. The molecule has 0 aliphatic rings. The van der Waals surface area contributed by atoms with Crippen molar-refractivity contribution in [1.29, 1.82) is 5.26 Å². The van der Waals surface area contributed by atoms with E-state index in [-0.39, 0.29) is 11.5 Å². The number of aryl methyl sites for hydroxylation is 1. The van der Waals surface area contributed by atoms with Gasteiger partial charge in [0.25, 0.3) is 0 Å². The molecule has 0 aliphatic heterocycles. The molecule has 0 spiro atoms. The lowest BCUT2D eigenvalue weighted by Crippen LogP contribution is -1.98. The largest absolute Gasteiger partial charge is 0.478 e. The molecule has 1 aromatic heterocycles. The van der Waals surface area contributed by atoms with E-state index in [9.17, 15) is 15.2 Å². The van der Waals surface area contributed by atoms with Crippen LogP contribution in [0, 0.1) is 11.3 Å². The molecule has 6 heteroatoms. The minimum atomic E-state index is -1.07. The molecule has 1 N–H and O–H groups in total. The molecular formula is C18H13N3O3. The Bertz CT molecular complexity index is 954. The van der Waals surface area contributed by atoms with Crippen molar-refractivity contribution < 1.29 is 14.3 Å². The first-order valence-electron chi connectivity index (χ1n) is 7.33. The van der Waals surface area contributed by atoms with Crippen LogP contribution in [0.3, 0.4) is 0 Å². The summed E-state index contributed by atoms with van der Waals surface area (Å²) in [6, 6.07) is 13.9. The van der Waals surface area contributed by atoms with Crippen molar-refractivity contribution in [3.8, 4) is 28.7 Å². The summed E-state index contributed by atoms with van der Waals surface area (Å²) in [6.07, 6.45) is 0.593. The maximum absolute atomic E-state index is 11.5. The van der Waals surface area contributed by atoms with Crippen LogP contribution in [-0.2, 0) is 6.42 Å². The number of carboxylic acids is 1. The minimum Gasteiger partial charge on any atom is -0.478 e. The molecule has 0 fully saturated rings. The zero-order valence-electron chi connectivity index (χ0n) is 12.9. The van der Waals surface area contributed by atoms with Crippen LogP contribution in [0.15, 0.2) is 46.9 Å². The summed E-state index contributed by atoms with van der Waals surface area (Å²) >= 11 is 0. The van der Waals surface area contributed by atoms with E-state index in [1.165, 1.54) is 12.1 Å². The number of carboxylic acid groups (broad SMARTS) is 1. The van der Waals surface area contributed by atoms with Crippen LogP contribution in [0.4, 0.5) is 0 Å². The fourth-order valence-electron chi connectivity index (χ4n) is 2.38. The fourth-order valence-corrected chi connectivity index (χ4v) is 2.38. The number of hydrogen-bond acceptors (Lipinski definition) is 5. The number of aromatic carboxylic acids is 1. The maximum Gasteiger partial charge on any atom is 0.335 e. The number of hydrogen-bond donors (Lipinski definition) is 1. The van der Waals surface area contributed by atoms with Gasteiger partial charge in [-0.3, -0.25) is 0 Å². The highest BCUT2D eigenvalue weighted by Crippen LogP contribution is 2.29. The quantitative estimate of drug-likeness (QED) is 0.789. The highest BCUT2D eigenvalue weighted by atomic mass is 16.4. The number of nitrogens with zero attached hydrogens (tertiary/aromatic N) is 3. The van der Waals surface area contributed by atoms with Gasteiger partial charge < -0.3 is 9.52 Å². The third-order valence-corrected chi connectivity index (χ3v) is 3.55. The van der Waals surface area contributed by atoms with Crippen LogP contribution in [0.2, 0.25) is 0 Å². The molecule has 0 radical (unpaired) electrons. The van der Waals surface area contributed by atoms with Gasteiger partial charge in [-0.25, -0.2) is 4.79 Å². The lowest BCUT2D eigenvalue weighted by molar-refractivity contribution is 0.0697. The molecule has 1 heterocycles. The Hall–Kier alpha value is -3.46. The summed E-state index contributed by atoms with van der Waals surface area (Å²) in [5, 5.41) is 26.5. The van der Waals surface area contributed by atoms with Crippen molar-refractivity contribution in [2.45, 2.75) is 13.3 Å². The monoisotopic (exact) mass is 319 g/mol. The summed E-state index contributed by atoms with van der Waals surface area (Å²) in [6.45, 7) is 1.89. The van der Waals surface area contributed by atoms with Crippen molar-refractivity contribution in [2.24, 2.45) is 0 Å². The highest BCUT2D eigenvalue weighted by Gasteiger charge is 2.15. The Kier molecular flexibility index (Phi) is 4.08. The Balaban J connectivity index is 2.20. The third-order valence-electron chi connectivity index (χ3n) is 3.55. The summed E-state index contributed by atoms with van der Waals surface area (Å²) in [5.74, 6) is -0.335. The molecule has 0 atom stereocenters. The zero-order chi connectivity index (χ0) is 17.1. The summed E-state index contributed by atoms with van der Waals surface area (Å²) in [5.41, 5.74) is 2.32. The molecule has 0 amide bonds. The molecule has 118 valence electrons. The molecule has 0 saturated heterocycles. The van der Waals surface area contributed by atoms with Crippen LogP contribution in [0.25, 0.3) is 22.6 Å². The normalized spacial score (nSPS) is 10.3. The lowest BCUT2D eigenvalue weighted by atomic mass is 9.96. The topological polar surface area (TPSA) is 100 Å². The van der Waals surface area contributed by atoms with Crippen LogP contribution in [-0.4, -0.2) is 21.3 Å². The van der Waals surface area contributed by atoms with Gasteiger partial charge in [0.05, 0.1) is 17.2 Å². The number of rotatable bonds is 4. The van der Waals surface area contributed by atoms with Gasteiger partial charge >= 0.3 is 5.97 Å². The minimum absolute atomic E-state index is 0.0893. The molecule has 3 aromatic rings. The van der Waals surface area contributed by atoms with Crippen LogP contribution in [0.1, 0.15) is 28.7 Å². The second-order valence-corrected chi connectivity index (χ2v) is 5.12. The van der Waals surface area contributed by atoms with E-state index in [1.807, 2.05) is 6.92 Å². The first-order chi connectivity index (χ1) is 11.6. The van der Waals surface area contributed by atoms with E-state index in [0.717, 1.165) is 0 Å². The molecule has 0 unspecified atom stereocenters. The number of benzene rings is 2. The average molecular weight is 319 g/mol. The predicted molar refractivity (Wildman–Crippen MR) is 86.2 cm³/mol. The van der Waals surface area contributed by atoms with E-state index < -0.39 is 5.97 Å². The van der Waals surface area contributed by atoms with Gasteiger partial charge in [0, 0.05) is 12.0 Å². The Labute approximate surface area is 138 Å². The van der Waals surface area contributed by atoms with E-state index in [2.05, 4.69) is 16.3 Å². The number of carbonyl (C=O) groups is 1. The maximum atomic E-state index is 11.5. The fraction of sp³-hybridized carbons (Fsp3) is 0.111. The van der Waals surface area contributed by atoms with Gasteiger partial charge in [0.15, 0.2) is 0 Å². The van der Waals surface area contributed by atoms with Crippen molar-refractivity contribution in [2.75, 3.05) is 0 Å². The Morgan fingerprint density at radius 3 is 2.62 bits per heavy atom. The second-order valence-electron chi connectivity index (χ2n) is 5.12. The van der Waals surface area contributed by atoms with E-state index in [0.29, 0.717) is 34.6 Å². The highest BCUT2D eigenvalue weighted by molar-refractivity contribution is 5.92. The Morgan fingerprint density at radius 1 is 1.21 bits per heavy atom. The average Bonchev–Trinajstić information content (AvgIpc) is 3.10. The first kappa shape index (κ1) is 15.4. The van der Waals surface area contributed by atoms with Crippen molar-refractivity contribution in [3.05, 3.63) is 59.5 Å². The van der Waals surface area contributed by atoms with Crippen LogP contribution in [0.5, 0.6) is 0 Å². The van der Waals surface area contributed by atoms with Gasteiger partial charge in [-0.2, -0.15) is 5.26 Å². The molecule has 24 heavy (non-hydrogen) atoms. The van der Waals surface area contributed by atoms with E-state index >= 15 is 0 Å². The molecule has 3 rings (SSSR count). The van der Waals surface area contributed by atoms with Gasteiger partial charge in [-0.1, -0.05) is 25.1 Å². The number of aromatic nitrogens is 2. The van der Waals surface area contributed by atoms with Crippen molar-refractivity contribution in [1.82, 2.24) is 10.2 Å². The summed E-state index contributed by atoms with van der Waals surface area (Å²) in [4.78, 5) is 11.5. The first-order valence-corrected chi connectivity index (χ1v) is 7.33. The molecule has 2 aromatic carbocycles. The standard InChI is InChI=1S/C18H13N3O3/c1-2-16-20-21-17(24-16)13-7-12(8-14(9-13)18(22)23)15-6-4-3-5-11(15)10-19/h3-9H,2H2,1H3,(H,22,23). The molecule has 0 bridgehead atoms. The van der Waals surface area contributed by atoms with Crippen LogP contribution < -0.4 is 0 Å². The second kappa shape index (κ2) is 6.34. The zero-order valence-corrected chi connectivity index (χ0v) is 12.9. The number of nitriles is 1. The lowest BCUT2D eigenvalue weighted by Gasteiger charge is -2.07. The van der Waals surface area contributed by atoms with E-state index in [4.69, 9.17) is 4.42 Å². The van der Waals surface area contributed by atoms with Crippen molar-refractivity contribution >= 4 is 5.97 Å². The van der Waals surface area contributed by atoms with Gasteiger partial charge in [0.1, 0.15) is 0 Å². The predicted octanol–water partition coefficient (Wildman–Crippen LogP) is 3.54.